The second kappa shape index (κ2) is 11.0. The summed E-state index contributed by atoms with van der Waals surface area (Å²) in [7, 11) is 1.66. The van der Waals surface area contributed by atoms with Crippen LogP contribution in [-0.4, -0.2) is 48.6 Å². The van der Waals surface area contributed by atoms with Gasteiger partial charge in [-0.2, -0.15) is 0 Å². The number of benzene rings is 2. The summed E-state index contributed by atoms with van der Waals surface area (Å²) in [4.78, 5) is 14.2. The summed E-state index contributed by atoms with van der Waals surface area (Å²) in [5.74, 6) is 1.33. The van der Waals surface area contributed by atoms with E-state index in [-0.39, 0.29) is 5.91 Å². The molecule has 2 aromatic carbocycles. The minimum atomic E-state index is -0.131. The van der Waals surface area contributed by atoms with E-state index in [0.29, 0.717) is 46.4 Å². The zero-order chi connectivity index (χ0) is 22.4. The second-order valence-corrected chi connectivity index (χ2v) is 9.09. The van der Waals surface area contributed by atoms with Gasteiger partial charge in [0, 0.05) is 17.6 Å². The van der Waals surface area contributed by atoms with Crippen molar-refractivity contribution in [3.63, 3.8) is 0 Å². The summed E-state index contributed by atoms with van der Waals surface area (Å²) >= 11 is 12.6. The average molecular weight is 478 g/mol. The summed E-state index contributed by atoms with van der Waals surface area (Å²) in [6.07, 6.45) is 1.75. The summed E-state index contributed by atoms with van der Waals surface area (Å²) in [6.45, 7) is 5.83. The van der Waals surface area contributed by atoms with Gasteiger partial charge in [0.2, 0.25) is 0 Å². The van der Waals surface area contributed by atoms with Crippen molar-refractivity contribution in [2.45, 2.75) is 13.8 Å². The number of hydrogen-bond acceptors (Lipinski definition) is 6. The number of likely N-dealkylation sites (N-methyl/N-ethyl adjacent to an activating group) is 1. The molecule has 0 bridgehead atoms. The van der Waals surface area contributed by atoms with Gasteiger partial charge in [-0.25, -0.2) is 0 Å². The first-order valence-electron chi connectivity index (χ1n) is 9.77. The lowest BCUT2D eigenvalue weighted by Gasteiger charge is -2.11. The van der Waals surface area contributed by atoms with Crippen LogP contribution in [0.4, 0.5) is 0 Å². The van der Waals surface area contributed by atoms with Crippen LogP contribution in [0.3, 0.4) is 0 Å². The van der Waals surface area contributed by atoms with Crippen molar-refractivity contribution >= 4 is 51.9 Å². The van der Waals surface area contributed by atoms with E-state index in [1.807, 2.05) is 18.2 Å². The molecule has 0 atom stereocenters. The van der Waals surface area contributed by atoms with Crippen molar-refractivity contribution in [2.24, 2.45) is 0 Å². The Kier molecular flexibility index (Phi) is 8.37. The molecular formula is C23H24ClNO4S2. The minimum absolute atomic E-state index is 0.131. The van der Waals surface area contributed by atoms with Crippen LogP contribution < -0.4 is 9.47 Å². The molecule has 31 heavy (non-hydrogen) atoms. The molecule has 0 radical (unpaired) electrons. The Morgan fingerprint density at radius 2 is 1.77 bits per heavy atom. The Balaban J connectivity index is 1.47. The molecule has 0 spiro atoms. The van der Waals surface area contributed by atoms with Gasteiger partial charge in [0.05, 0.1) is 18.1 Å². The summed E-state index contributed by atoms with van der Waals surface area (Å²) in [5, 5.41) is 0.560. The van der Waals surface area contributed by atoms with Crippen LogP contribution in [0.15, 0.2) is 41.3 Å². The maximum atomic E-state index is 12.3. The maximum absolute atomic E-state index is 12.3. The van der Waals surface area contributed by atoms with Gasteiger partial charge in [-0.15, -0.1) is 0 Å². The lowest BCUT2D eigenvalue weighted by Crippen LogP contribution is -2.22. The quantitative estimate of drug-likeness (QED) is 0.279. The van der Waals surface area contributed by atoms with Gasteiger partial charge in [-0.3, -0.25) is 9.69 Å². The highest BCUT2D eigenvalue weighted by atomic mass is 35.5. The molecule has 5 nitrogen and oxygen atoms in total. The smallest absolute Gasteiger partial charge is 0.265 e. The molecule has 0 N–H and O–H groups in total. The van der Waals surface area contributed by atoms with E-state index in [1.165, 1.54) is 27.8 Å². The first kappa shape index (κ1) is 23.6. The number of ether oxygens (including phenoxy) is 3. The molecule has 1 aliphatic rings. The molecule has 3 rings (SSSR count). The van der Waals surface area contributed by atoms with Gasteiger partial charge in [0.25, 0.3) is 5.91 Å². The number of halogens is 1. The fraction of sp³-hybridized carbons (Fsp3) is 0.304. The molecule has 0 aliphatic carbocycles. The molecule has 1 amide bonds. The zero-order valence-electron chi connectivity index (χ0n) is 17.6. The first-order valence-corrected chi connectivity index (χ1v) is 11.4. The highest BCUT2D eigenvalue weighted by Gasteiger charge is 2.29. The molecule has 164 valence electrons. The predicted molar refractivity (Wildman–Crippen MR) is 130 cm³/mol. The van der Waals surface area contributed by atoms with Crippen LogP contribution in [-0.2, 0) is 9.53 Å². The SMILES string of the molecule is Cc1ccc(OCCOCCOc2ccc(Cl)cc2/C=C2/SC(=S)N(C)C2=O)cc1C. The van der Waals surface area contributed by atoms with Crippen LogP contribution >= 0.6 is 35.6 Å². The van der Waals surface area contributed by atoms with E-state index in [1.54, 1.807) is 31.3 Å². The van der Waals surface area contributed by atoms with Gasteiger partial charge in [0.15, 0.2) is 0 Å². The highest BCUT2D eigenvalue weighted by Crippen LogP contribution is 2.34. The van der Waals surface area contributed by atoms with Crippen molar-refractivity contribution in [3.8, 4) is 11.5 Å². The van der Waals surface area contributed by atoms with Crippen LogP contribution in [0.5, 0.6) is 11.5 Å². The summed E-state index contributed by atoms with van der Waals surface area (Å²) < 4.78 is 17.7. The molecule has 0 saturated carbocycles. The number of thioether (sulfide) groups is 1. The summed E-state index contributed by atoms with van der Waals surface area (Å²) in [6, 6.07) is 11.3. The Labute approximate surface area is 197 Å². The van der Waals surface area contributed by atoms with E-state index in [9.17, 15) is 4.79 Å². The normalized spacial score (nSPS) is 15.1. The van der Waals surface area contributed by atoms with E-state index in [4.69, 9.17) is 38.0 Å². The van der Waals surface area contributed by atoms with Crippen LogP contribution in [0.1, 0.15) is 16.7 Å². The molecule has 2 aromatic rings. The lowest BCUT2D eigenvalue weighted by molar-refractivity contribution is -0.121. The Morgan fingerprint density at radius 1 is 1.03 bits per heavy atom. The average Bonchev–Trinajstić information content (AvgIpc) is 2.98. The number of nitrogens with zero attached hydrogens (tertiary/aromatic N) is 1. The predicted octanol–water partition coefficient (Wildman–Crippen LogP) is 5.26. The van der Waals surface area contributed by atoms with E-state index in [2.05, 4.69) is 13.8 Å². The number of rotatable bonds is 9. The van der Waals surface area contributed by atoms with Crippen LogP contribution in [0.2, 0.25) is 5.02 Å². The largest absolute Gasteiger partial charge is 0.491 e. The summed E-state index contributed by atoms with van der Waals surface area (Å²) in [5.41, 5.74) is 3.16. The van der Waals surface area contributed by atoms with Gasteiger partial charge in [-0.1, -0.05) is 41.6 Å². The van der Waals surface area contributed by atoms with Crippen molar-refractivity contribution in [1.29, 1.82) is 0 Å². The van der Waals surface area contributed by atoms with Gasteiger partial charge >= 0.3 is 0 Å². The van der Waals surface area contributed by atoms with Crippen molar-refractivity contribution < 1.29 is 19.0 Å². The molecule has 0 aromatic heterocycles. The molecule has 1 fully saturated rings. The number of amides is 1. The van der Waals surface area contributed by atoms with Crippen molar-refractivity contribution in [1.82, 2.24) is 4.90 Å². The maximum Gasteiger partial charge on any atom is 0.265 e. The number of hydrogen-bond donors (Lipinski definition) is 0. The third-order valence-corrected chi connectivity index (χ3v) is 6.42. The third-order valence-electron chi connectivity index (χ3n) is 4.70. The fourth-order valence-electron chi connectivity index (χ4n) is 2.79. The molecular weight excluding hydrogens is 454 g/mol. The zero-order valence-corrected chi connectivity index (χ0v) is 20.0. The van der Waals surface area contributed by atoms with Crippen LogP contribution in [0, 0.1) is 13.8 Å². The number of thiocarbonyl (C=S) groups is 1. The second-order valence-electron chi connectivity index (χ2n) is 6.98. The van der Waals surface area contributed by atoms with Gasteiger partial charge < -0.3 is 14.2 Å². The topological polar surface area (TPSA) is 48.0 Å². The Hall–Kier alpha value is -2.06. The molecule has 1 heterocycles. The number of carbonyl (C=O) groups excluding carboxylic acids is 1. The third kappa shape index (κ3) is 6.46. The highest BCUT2D eigenvalue weighted by molar-refractivity contribution is 8.26. The monoisotopic (exact) mass is 477 g/mol. The fourth-order valence-corrected chi connectivity index (χ4v) is 4.14. The van der Waals surface area contributed by atoms with E-state index < -0.39 is 0 Å². The van der Waals surface area contributed by atoms with Crippen molar-refractivity contribution in [2.75, 3.05) is 33.5 Å². The molecule has 8 heteroatoms. The van der Waals surface area contributed by atoms with E-state index >= 15 is 0 Å². The number of aryl methyl sites for hydroxylation is 2. The number of carbonyl (C=O) groups is 1. The molecule has 1 aliphatic heterocycles. The standard InChI is InChI=1S/C23H24ClNO4S2/c1-15-4-6-19(12-16(15)2)28-10-8-27-9-11-29-20-7-5-18(24)13-17(20)14-21-22(26)25(3)23(30)31-21/h4-7,12-14H,8-11H2,1-3H3/b21-14+. The first-order chi connectivity index (χ1) is 14.8. The van der Waals surface area contributed by atoms with Crippen LogP contribution in [0.25, 0.3) is 6.08 Å². The molecule has 0 unspecified atom stereocenters. The minimum Gasteiger partial charge on any atom is -0.491 e. The van der Waals surface area contributed by atoms with Gasteiger partial charge in [0.1, 0.15) is 29.0 Å². The van der Waals surface area contributed by atoms with Crippen molar-refractivity contribution in [3.05, 3.63) is 63.0 Å². The van der Waals surface area contributed by atoms with E-state index in [0.717, 1.165) is 11.3 Å². The molecule has 1 saturated heterocycles. The lowest BCUT2D eigenvalue weighted by atomic mass is 10.1. The Morgan fingerprint density at radius 3 is 2.45 bits per heavy atom. The van der Waals surface area contributed by atoms with Gasteiger partial charge in [-0.05, 0) is 61.4 Å². The Bertz CT molecular complexity index is 1010.